The number of hydrogen-bond acceptors (Lipinski definition) is 5. The van der Waals surface area contributed by atoms with Crippen molar-refractivity contribution >= 4 is 0 Å². The smallest absolute Gasteiger partial charge is 0.108 e. The fourth-order valence-electron chi connectivity index (χ4n) is 1.97. The molecule has 0 aromatic rings. The first-order chi connectivity index (χ1) is 7.65. The molecule has 0 aromatic carbocycles. The average molecular weight is 228 g/mol. The molecule has 1 heterocycles. The van der Waals surface area contributed by atoms with E-state index < -0.39 is 18.3 Å². The molecule has 1 aliphatic rings. The van der Waals surface area contributed by atoms with Gasteiger partial charge in [0.05, 0.1) is 18.3 Å². The molecule has 0 radical (unpaired) electrons. The molecule has 92 valence electrons. The van der Waals surface area contributed by atoms with Gasteiger partial charge in [-0.1, -0.05) is 6.42 Å². The number of β-amino-alcohol motifs (C(OH)–C–C–N with tert-alkyl or cyclic N) is 2. The van der Waals surface area contributed by atoms with Gasteiger partial charge in [0.15, 0.2) is 0 Å². The summed E-state index contributed by atoms with van der Waals surface area (Å²) in [6, 6.07) is 2.10. The summed E-state index contributed by atoms with van der Waals surface area (Å²) in [6.07, 6.45) is 0.693. The SMILES string of the molecule is N#CCCCCCN1CC(O)C(O)C(O)C1. The van der Waals surface area contributed by atoms with Crippen molar-refractivity contribution in [3.63, 3.8) is 0 Å². The summed E-state index contributed by atoms with van der Waals surface area (Å²) in [5, 5.41) is 36.6. The lowest BCUT2D eigenvalue weighted by molar-refractivity contribution is -0.109. The lowest BCUT2D eigenvalue weighted by Gasteiger charge is -2.36. The largest absolute Gasteiger partial charge is 0.389 e. The molecule has 16 heavy (non-hydrogen) atoms. The van der Waals surface area contributed by atoms with Crippen LogP contribution in [0.3, 0.4) is 0 Å². The highest BCUT2D eigenvalue weighted by Crippen LogP contribution is 2.13. The second-order valence-electron chi connectivity index (χ2n) is 4.35. The van der Waals surface area contributed by atoms with Crippen molar-refractivity contribution in [3.05, 3.63) is 0 Å². The molecular formula is C11H20N2O3. The number of rotatable bonds is 5. The predicted octanol–water partition coefficient (Wildman–Crippen LogP) is -0.531. The number of nitriles is 1. The quantitative estimate of drug-likeness (QED) is 0.550. The van der Waals surface area contributed by atoms with Gasteiger partial charge < -0.3 is 15.3 Å². The van der Waals surface area contributed by atoms with Gasteiger partial charge in [0, 0.05) is 19.5 Å². The van der Waals surface area contributed by atoms with Crippen LogP contribution in [0.4, 0.5) is 0 Å². The van der Waals surface area contributed by atoms with Crippen molar-refractivity contribution in [1.82, 2.24) is 4.90 Å². The lowest BCUT2D eigenvalue weighted by atomic mass is 10.0. The van der Waals surface area contributed by atoms with Gasteiger partial charge in [-0.25, -0.2) is 0 Å². The third-order valence-corrected chi connectivity index (χ3v) is 2.94. The first-order valence-electron chi connectivity index (χ1n) is 5.78. The number of piperidine rings is 1. The molecule has 1 saturated heterocycles. The van der Waals surface area contributed by atoms with E-state index in [-0.39, 0.29) is 0 Å². The molecule has 3 N–H and O–H groups in total. The number of aliphatic hydroxyl groups excluding tert-OH is 3. The zero-order valence-corrected chi connectivity index (χ0v) is 9.42. The Morgan fingerprint density at radius 2 is 1.69 bits per heavy atom. The second kappa shape index (κ2) is 6.81. The van der Waals surface area contributed by atoms with Crippen molar-refractivity contribution < 1.29 is 15.3 Å². The highest BCUT2D eigenvalue weighted by atomic mass is 16.4. The number of unbranched alkanes of at least 4 members (excludes halogenated alkanes) is 3. The Kier molecular flexibility index (Phi) is 5.71. The summed E-state index contributed by atoms with van der Waals surface area (Å²) in [5.41, 5.74) is 0. The van der Waals surface area contributed by atoms with Crippen LogP contribution in [-0.2, 0) is 0 Å². The topological polar surface area (TPSA) is 87.7 Å². The van der Waals surface area contributed by atoms with E-state index in [1.165, 1.54) is 0 Å². The summed E-state index contributed by atoms with van der Waals surface area (Å²) >= 11 is 0. The van der Waals surface area contributed by atoms with Crippen LogP contribution in [0, 0.1) is 11.3 Å². The molecule has 2 atom stereocenters. The number of likely N-dealkylation sites (tertiary alicyclic amines) is 1. The van der Waals surface area contributed by atoms with E-state index >= 15 is 0 Å². The number of aliphatic hydroxyl groups is 3. The normalized spacial score (nSPS) is 31.2. The Morgan fingerprint density at radius 1 is 1.06 bits per heavy atom. The average Bonchev–Trinajstić information content (AvgIpc) is 2.25. The van der Waals surface area contributed by atoms with Gasteiger partial charge in [-0.05, 0) is 19.4 Å². The molecule has 0 aliphatic carbocycles. The highest BCUT2D eigenvalue weighted by molar-refractivity contribution is 4.86. The molecule has 1 aliphatic heterocycles. The molecule has 1 fully saturated rings. The Hall–Kier alpha value is -0.670. The maximum atomic E-state index is 9.46. The Bertz CT molecular complexity index is 230. The fraction of sp³-hybridized carbons (Fsp3) is 0.909. The summed E-state index contributed by atoms with van der Waals surface area (Å²) in [4.78, 5) is 1.95. The molecule has 0 bridgehead atoms. The minimum absolute atomic E-state index is 0.413. The summed E-state index contributed by atoms with van der Waals surface area (Å²) < 4.78 is 0. The van der Waals surface area contributed by atoms with Gasteiger partial charge >= 0.3 is 0 Å². The Morgan fingerprint density at radius 3 is 2.25 bits per heavy atom. The van der Waals surface area contributed by atoms with Crippen LogP contribution in [0.2, 0.25) is 0 Å². The van der Waals surface area contributed by atoms with Gasteiger partial charge in [-0.15, -0.1) is 0 Å². The van der Waals surface area contributed by atoms with E-state index in [1.54, 1.807) is 0 Å². The van der Waals surface area contributed by atoms with Crippen LogP contribution in [0.5, 0.6) is 0 Å². The third kappa shape index (κ3) is 4.06. The van der Waals surface area contributed by atoms with Gasteiger partial charge in [-0.3, -0.25) is 4.90 Å². The van der Waals surface area contributed by atoms with Crippen LogP contribution in [0.1, 0.15) is 25.7 Å². The van der Waals surface area contributed by atoms with Crippen LogP contribution in [0.25, 0.3) is 0 Å². The molecule has 0 saturated carbocycles. The zero-order chi connectivity index (χ0) is 12.0. The van der Waals surface area contributed by atoms with Crippen molar-refractivity contribution in [2.24, 2.45) is 0 Å². The molecule has 0 aromatic heterocycles. The fourth-order valence-corrected chi connectivity index (χ4v) is 1.97. The molecule has 0 amide bonds. The monoisotopic (exact) mass is 228 g/mol. The standard InChI is InChI=1S/C11H20N2O3/c12-5-3-1-2-4-6-13-7-9(14)11(16)10(15)8-13/h9-11,14-16H,1-4,6-8H2. The molecule has 0 spiro atoms. The minimum atomic E-state index is -1.02. The third-order valence-electron chi connectivity index (χ3n) is 2.94. The number of hydrogen-bond donors (Lipinski definition) is 3. The van der Waals surface area contributed by atoms with Crippen LogP contribution >= 0.6 is 0 Å². The first kappa shape index (κ1) is 13.4. The zero-order valence-electron chi connectivity index (χ0n) is 9.42. The van der Waals surface area contributed by atoms with Crippen LogP contribution < -0.4 is 0 Å². The van der Waals surface area contributed by atoms with Crippen LogP contribution in [0.15, 0.2) is 0 Å². The van der Waals surface area contributed by atoms with Gasteiger partial charge in [0.2, 0.25) is 0 Å². The van der Waals surface area contributed by atoms with Crippen molar-refractivity contribution in [2.75, 3.05) is 19.6 Å². The van der Waals surface area contributed by atoms with Gasteiger partial charge in [0.25, 0.3) is 0 Å². The van der Waals surface area contributed by atoms with E-state index in [0.29, 0.717) is 19.5 Å². The predicted molar refractivity (Wildman–Crippen MR) is 58.5 cm³/mol. The molecular weight excluding hydrogens is 208 g/mol. The van der Waals surface area contributed by atoms with E-state index in [2.05, 4.69) is 6.07 Å². The Labute approximate surface area is 95.9 Å². The molecule has 5 heteroatoms. The molecule has 5 nitrogen and oxygen atoms in total. The van der Waals surface area contributed by atoms with E-state index in [0.717, 1.165) is 25.8 Å². The molecule has 2 unspecified atom stereocenters. The van der Waals surface area contributed by atoms with E-state index in [9.17, 15) is 15.3 Å². The first-order valence-corrected chi connectivity index (χ1v) is 5.78. The van der Waals surface area contributed by atoms with Gasteiger partial charge in [0.1, 0.15) is 6.10 Å². The maximum Gasteiger partial charge on any atom is 0.108 e. The van der Waals surface area contributed by atoms with E-state index in [4.69, 9.17) is 5.26 Å². The van der Waals surface area contributed by atoms with Crippen LogP contribution in [-0.4, -0.2) is 58.2 Å². The van der Waals surface area contributed by atoms with Crippen molar-refractivity contribution in [2.45, 2.75) is 44.0 Å². The minimum Gasteiger partial charge on any atom is -0.389 e. The van der Waals surface area contributed by atoms with Gasteiger partial charge in [-0.2, -0.15) is 5.26 Å². The summed E-state index contributed by atoms with van der Waals surface area (Å²) in [5.74, 6) is 0. The lowest BCUT2D eigenvalue weighted by Crippen LogP contribution is -2.55. The maximum absolute atomic E-state index is 9.46. The highest BCUT2D eigenvalue weighted by Gasteiger charge is 2.32. The summed E-state index contributed by atoms with van der Waals surface area (Å²) in [7, 11) is 0. The van der Waals surface area contributed by atoms with E-state index in [1.807, 2.05) is 4.90 Å². The molecule has 1 rings (SSSR count). The van der Waals surface area contributed by atoms with Crippen molar-refractivity contribution in [1.29, 1.82) is 5.26 Å². The second-order valence-corrected chi connectivity index (χ2v) is 4.35. The number of nitrogens with zero attached hydrogens (tertiary/aromatic N) is 2. The van der Waals surface area contributed by atoms with Crippen molar-refractivity contribution in [3.8, 4) is 6.07 Å². The Balaban J connectivity index is 2.16. The summed E-state index contributed by atoms with van der Waals surface area (Å²) in [6.45, 7) is 1.62.